The molecule has 1 fully saturated rings. The fourth-order valence-corrected chi connectivity index (χ4v) is 3.42. The number of aromatic amines is 1. The van der Waals surface area contributed by atoms with E-state index < -0.39 is 0 Å². The lowest BCUT2D eigenvalue weighted by Crippen LogP contribution is -2.40. The molecule has 0 unspecified atom stereocenters. The number of rotatable bonds is 4. The SMILES string of the molecule is Cc1ccc2oc(N3CCC(C(=O)NCc4cc(=O)[nH]c(C)n4)CC3)nc2n1. The molecule has 4 heterocycles. The number of piperidine rings is 1. The van der Waals surface area contributed by atoms with Gasteiger partial charge in [-0.3, -0.25) is 9.59 Å². The first-order valence-electron chi connectivity index (χ1n) is 9.31. The predicted octanol–water partition coefficient (Wildman–Crippen LogP) is 1.46. The fraction of sp³-hybridized carbons (Fsp3) is 0.421. The molecule has 0 saturated carbocycles. The van der Waals surface area contributed by atoms with Gasteiger partial charge < -0.3 is 19.6 Å². The number of aryl methyl sites for hydroxylation is 2. The number of H-pyrrole nitrogens is 1. The molecule has 0 atom stereocenters. The molecule has 146 valence electrons. The third kappa shape index (κ3) is 3.88. The van der Waals surface area contributed by atoms with E-state index in [-0.39, 0.29) is 23.9 Å². The number of pyridine rings is 1. The minimum Gasteiger partial charge on any atom is -0.422 e. The van der Waals surface area contributed by atoms with Crippen LogP contribution >= 0.6 is 0 Å². The van der Waals surface area contributed by atoms with E-state index in [1.807, 2.05) is 24.0 Å². The number of aromatic nitrogens is 4. The van der Waals surface area contributed by atoms with Crippen LogP contribution in [0.25, 0.3) is 11.2 Å². The van der Waals surface area contributed by atoms with Gasteiger partial charge >= 0.3 is 0 Å². The lowest BCUT2D eigenvalue weighted by atomic mass is 9.96. The highest BCUT2D eigenvalue weighted by atomic mass is 16.4. The van der Waals surface area contributed by atoms with Crippen molar-refractivity contribution in [3.05, 3.63) is 45.8 Å². The Morgan fingerprint density at radius 3 is 2.79 bits per heavy atom. The van der Waals surface area contributed by atoms with Crippen molar-refractivity contribution in [1.29, 1.82) is 0 Å². The lowest BCUT2D eigenvalue weighted by molar-refractivity contribution is -0.125. The molecule has 1 amide bonds. The number of fused-ring (bicyclic) bond motifs is 1. The van der Waals surface area contributed by atoms with E-state index in [4.69, 9.17) is 4.42 Å². The standard InChI is InChI=1S/C19H22N6O3/c1-11-3-4-15-17(21-11)24-19(28-15)25-7-5-13(6-8-25)18(27)20-10-14-9-16(26)23-12(2)22-14/h3-4,9,13H,5-8,10H2,1-2H3,(H,20,27)(H,22,23,26). The predicted molar refractivity (Wildman–Crippen MR) is 103 cm³/mol. The molecule has 0 radical (unpaired) electrons. The maximum absolute atomic E-state index is 12.5. The number of nitrogens with one attached hydrogen (secondary N) is 2. The van der Waals surface area contributed by atoms with Crippen molar-refractivity contribution in [2.75, 3.05) is 18.0 Å². The Bertz CT molecular complexity index is 1060. The van der Waals surface area contributed by atoms with Crippen LogP contribution in [0.1, 0.15) is 30.1 Å². The third-order valence-corrected chi connectivity index (χ3v) is 4.87. The van der Waals surface area contributed by atoms with Crippen molar-refractivity contribution in [2.24, 2.45) is 5.92 Å². The summed E-state index contributed by atoms with van der Waals surface area (Å²) in [5.41, 5.74) is 2.51. The number of nitrogens with zero attached hydrogens (tertiary/aromatic N) is 4. The number of hydrogen-bond acceptors (Lipinski definition) is 7. The highest BCUT2D eigenvalue weighted by molar-refractivity contribution is 5.79. The van der Waals surface area contributed by atoms with Crippen LogP contribution in [0.2, 0.25) is 0 Å². The number of hydrogen-bond donors (Lipinski definition) is 2. The quantitative estimate of drug-likeness (QED) is 0.701. The van der Waals surface area contributed by atoms with Gasteiger partial charge in [-0.05, 0) is 38.8 Å². The summed E-state index contributed by atoms with van der Waals surface area (Å²) in [6, 6.07) is 5.72. The van der Waals surface area contributed by atoms with Gasteiger partial charge in [-0.1, -0.05) is 0 Å². The van der Waals surface area contributed by atoms with Crippen molar-refractivity contribution in [3.8, 4) is 0 Å². The molecule has 1 saturated heterocycles. The van der Waals surface area contributed by atoms with E-state index in [1.165, 1.54) is 6.07 Å². The second-order valence-electron chi connectivity index (χ2n) is 7.07. The monoisotopic (exact) mass is 382 g/mol. The summed E-state index contributed by atoms with van der Waals surface area (Å²) in [4.78, 5) is 41.6. The molecule has 0 aromatic carbocycles. The van der Waals surface area contributed by atoms with Crippen molar-refractivity contribution >= 4 is 23.2 Å². The third-order valence-electron chi connectivity index (χ3n) is 4.87. The van der Waals surface area contributed by atoms with Gasteiger partial charge in [0.25, 0.3) is 11.6 Å². The van der Waals surface area contributed by atoms with E-state index in [0.717, 1.165) is 5.69 Å². The molecule has 0 bridgehead atoms. The van der Waals surface area contributed by atoms with Crippen LogP contribution < -0.4 is 15.8 Å². The van der Waals surface area contributed by atoms with Crippen molar-refractivity contribution < 1.29 is 9.21 Å². The normalized spacial score (nSPS) is 15.1. The maximum atomic E-state index is 12.5. The fourth-order valence-electron chi connectivity index (χ4n) is 3.42. The zero-order valence-electron chi connectivity index (χ0n) is 15.9. The van der Waals surface area contributed by atoms with Gasteiger partial charge in [-0.15, -0.1) is 0 Å². The average Bonchev–Trinajstić information content (AvgIpc) is 3.08. The van der Waals surface area contributed by atoms with E-state index in [0.29, 0.717) is 54.7 Å². The number of amides is 1. The maximum Gasteiger partial charge on any atom is 0.299 e. The van der Waals surface area contributed by atoms with E-state index >= 15 is 0 Å². The highest BCUT2D eigenvalue weighted by Gasteiger charge is 2.27. The molecule has 0 aliphatic carbocycles. The van der Waals surface area contributed by atoms with Crippen LogP contribution in [0.4, 0.5) is 6.01 Å². The molecule has 1 aliphatic rings. The Morgan fingerprint density at radius 2 is 2.04 bits per heavy atom. The Kier molecular flexibility index (Phi) is 4.81. The summed E-state index contributed by atoms with van der Waals surface area (Å²) in [6.07, 6.45) is 1.41. The van der Waals surface area contributed by atoms with Crippen LogP contribution in [0.15, 0.2) is 27.4 Å². The van der Waals surface area contributed by atoms with E-state index in [9.17, 15) is 9.59 Å². The summed E-state index contributed by atoms with van der Waals surface area (Å²) in [6.45, 7) is 5.25. The molecular formula is C19H22N6O3. The molecule has 1 aliphatic heterocycles. The summed E-state index contributed by atoms with van der Waals surface area (Å²) in [7, 11) is 0. The van der Waals surface area contributed by atoms with Crippen LogP contribution in [0, 0.1) is 19.8 Å². The first kappa shape index (κ1) is 18.1. The second-order valence-corrected chi connectivity index (χ2v) is 7.07. The Balaban J connectivity index is 1.33. The summed E-state index contributed by atoms with van der Waals surface area (Å²) >= 11 is 0. The van der Waals surface area contributed by atoms with E-state index in [1.54, 1.807) is 6.92 Å². The first-order chi connectivity index (χ1) is 13.5. The average molecular weight is 382 g/mol. The molecule has 0 spiro atoms. The first-order valence-corrected chi connectivity index (χ1v) is 9.31. The molecule has 4 rings (SSSR count). The number of anilines is 1. The number of carbonyl (C=O) groups excluding carboxylic acids is 1. The van der Waals surface area contributed by atoms with Gasteiger partial charge in [0, 0.05) is 30.8 Å². The van der Waals surface area contributed by atoms with Crippen molar-refractivity contribution in [3.63, 3.8) is 0 Å². The van der Waals surface area contributed by atoms with Crippen LogP contribution in [0.3, 0.4) is 0 Å². The van der Waals surface area contributed by atoms with Crippen molar-refractivity contribution in [1.82, 2.24) is 25.3 Å². The lowest BCUT2D eigenvalue weighted by Gasteiger charge is -2.30. The Morgan fingerprint density at radius 1 is 1.25 bits per heavy atom. The number of oxazole rings is 1. The Hall–Kier alpha value is -3.23. The minimum atomic E-state index is -0.215. The summed E-state index contributed by atoms with van der Waals surface area (Å²) < 4.78 is 5.80. The largest absolute Gasteiger partial charge is 0.422 e. The van der Waals surface area contributed by atoms with Crippen molar-refractivity contribution in [2.45, 2.75) is 33.2 Å². The number of carbonyl (C=O) groups is 1. The van der Waals surface area contributed by atoms with E-state index in [2.05, 4.69) is 25.3 Å². The summed E-state index contributed by atoms with van der Waals surface area (Å²) in [5, 5.41) is 2.88. The smallest absolute Gasteiger partial charge is 0.299 e. The van der Waals surface area contributed by atoms with Crippen LogP contribution in [-0.2, 0) is 11.3 Å². The molecule has 3 aromatic heterocycles. The summed E-state index contributed by atoms with van der Waals surface area (Å²) in [5.74, 6) is 0.436. The van der Waals surface area contributed by atoms with Crippen LogP contribution in [0.5, 0.6) is 0 Å². The van der Waals surface area contributed by atoms with Crippen LogP contribution in [-0.4, -0.2) is 38.9 Å². The molecule has 9 nitrogen and oxygen atoms in total. The van der Waals surface area contributed by atoms with Gasteiger partial charge in [0.05, 0.1) is 12.2 Å². The Labute approximate surface area is 161 Å². The topological polar surface area (TPSA) is 117 Å². The minimum absolute atomic E-state index is 0.0192. The molecule has 9 heteroatoms. The molecule has 28 heavy (non-hydrogen) atoms. The molecule has 3 aromatic rings. The highest BCUT2D eigenvalue weighted by Crippen LogP contribution is 2.26. The zero-order chi connectivity index (χ0) is 19.7. The van der Waals surface area contributed by atoms with Gasteiger partial charge in [-0.25, -0.2) is 9.97 Å². The molecular weight excluding hydrogens is 360 g/mol. The van der Waals surface area contributed by atoms with Gasteiger partial charge in [0.15, 0.2) is 5.58 Å². The van der Waals surface area contributed by atoms with Gasteiger partial charge in [-0.2, -0.15) is 4.98 Å². The second kappa shape index (κ2) is 7.41. The van der Waals surface area contributed by atoms with Gasteiger partial charge in [0.1, 0.15) is 5.82 Å². The van der Waals surface area contributed by atoms with Gasteiger partial charge in [0.2, 0.25) is 11.6 Å². The zero-order valence-corrected chi connectivity index (χ0v) is 15.9. The molecule has 2 N–H and O–H groups in total.